The maximum Gasteiger partial charge on any atom is 0.410 e. The number of hydrazine groups is 2. The number of rotatable bonds is 13. The Bertz CT molecular complexity index is 1330. The van der Waals surface area contributed by atoms with Crippen LogP contribution in [0.2, 0.25) is 0 Å². The summed E-state index contributed by atoms with van der Waals surface area (Å²) in [6, 6.07) is 13.1. The van der Waals surface area contributed by atoms with Gasteiger partial charge in [0.05, 0.1) is 6.54 Å². The van der Waals surface area contributed by atoms with Crippen LogP contribution in [0.5, 0.6) is 0 Å². The van der Waals surface area contributed by atoms with E-state index in [2.05, 4.69) is 16.2 Å². The molecule has 12 nitrogen and oxygen atoms in total. The Labute approximate surface area is 267 Å². The predicted octanol–water partition coefficient (Wildman–Crippen LogP) is 3.52. The van der Waals surface area contributed by atoms with Gasteiger partial charge in [-0.3, -0.25) is 24.8 Å². The molecule has 1 aliphatic rings. The van der Waals surface area contributed by atoms with Crippen molar-refractivity contribution < 1.29 is 23.9 Å². The molecular formula is C33H49N7O5. The van der Waals surface area contributed by atoms with E-state index in [0.717, 1.165) is 16.7 Å². The standard InChI is InChI=1S/C33H49N7O5/c1-9-35-36-31(43)25-15-14-24(4)28(18-25)34-19-29(41)38(16-17-40(23(2)3)32(44)45-33(5,6)7)22-30(42)37(8)39-20-26-12-10-11-13-27(26)21-39/h10-15,18,23,34-35H,9,16-17,19-22H2,1-8H3,(H,36,43). The monoisotopic (exact) mass is 623 g/mol. The molecule has 0 aromatic heterocycles. The van der Waals surface area contributed by atoms with Crippen LogP contribution in [0.4, 0.5) is 10.5 Å². The maximum absolute atomic E-state index is 13.7. The topological polar surface area (TPSA) is 127 Å². The number of ether oxygens (including phenoxy) is 1. The van der Waals surface area contributed by atoms with Gasteiger partial charge in [-0.1, -0.05) is 37.3 Å². The van der Waals surface area contributed by atoms with Crippen LogP contribution < -0.4 is 16.2 Å². The van der Waals surface area contributed by atoms with Crippen molar-refractivity contribution in [3.05, 3.63) is 64.7 Å². The summed E-state index contributed by atoms with van der Waals surface area (Å²) >= 11 is 0. The van der Waals surface area contributed by atoms with E-state index in [9.17, 15) is 19.2 Å². The second-order valence-electron chi connectivity index (χ2n) is 12.5. The van der Waals surface area contributed by atoms with Crippen molar-refractivity contribution in [1.29, 1.82) is 0 Å². The first-order valence-electron chi connectivity index (χ1n) is 15.4. The zero-order valence-electron chi connectivity index (χ0n) is 27.9. The molecule has 45 heavy (non-hydrogen) atoms. The van der Waals surface area contributed by atoms with E-state index >= 15 is 0 Å². The number of hydrogen-bond acceptors (Lipinski definition) is 8. The molecular weight excluding hydrogens is 574 g/mol. The number of hydrogen-bond donors (Lipinski definition) is 3. The SMILES string of the molecule is CCNNC(=O)c1ccc(C)c(NCC(=O)N(CCN(C(=O)OC(C)(C)C)C(C)C)CC(=O)N(C)N2Cc3ccccc3C2)c1. The molecule has 2 aromatic carbocycles. The lowest BCUT2D eigenvalue weighted by molar-refractivity contribution is -0.151. The van der Waals surface area contributed by atoms with E-state index in [-0.39, 0.29) is 49.9 Å². The summed E-state index contributed by atoms with van der Waals surface area (Å²) in [6.45, 7) is 14.7. The van der Waals surface area contributed by atoms with Gasteiger partial charge in [0.25, 0.3) is 11.8 Å². The summed E-state index contributed by atoms with van der Waals surface area (Å²) in [6.07, 6.45) is -0.482. The van der Waals surface area contributed by atoms with E-state index < -0.39 is 11.7 Å². The van der Waals surface area contributed by atoms with E-state index in [1.54, 1.807) is 55.9 Å². The summed E-state index contributed by atoms with van der Waals surface area (Å²) in [5.41, 5.74) is 8.98. The van der Waals surface area contributed by atoms with Crippen molar-refractivity contribution >= 4 is 29.5 Å². The highest BCUT2D eigenvalue weighted by atomic mass is 16.6. The molecule has 1 aliphatic heterocycles. The van der Waals surface area contributed by atoms with E-state index in [0.29, 0.717) is 30.9 Å². The molecule has 0 saturated carbocycles. The average Bonchev–Trinajstić information content (AvgIpc) is 3.41. The number of carbonyl (C=O) groups is 4. The fourth-order valence-electron chi connectivity index (χ4n) is 4.83. The maximum atomic E-state index is 13.7. The molecule has 3 N–H and O–H groups in total. The zero-order chi connectivity index (χ0) is 33.3. The van der Waals surface area contributed by atoms with E-state index in [4.69, 9.17) is 4.74 Å². The van der Waals surface area contributed by atoms with Gasteiger partial charge in [-0.15, -0.1) is 0 Å². The minimum absolute atomic E-state index is 0.112. The second-order valence-corrected chi connectivity index (χ2v) is 12.5. The van der Waals surface area contributed by atoms with Crippen LogP contribution >= 0.6 is 0 Å². The van der Waals surface area contributed by atoms with Gasteiger partial charge < -0.3 is 19.9 Å². The quantitative estimate of drug-likeness (QED) is 0.290. The highest BCUT2D eigenvalue weighted by Crippen LogP contribution is 2.23. The average molecular weight is 624 g/mol. The number of fused-ring (bicyclic) bond motifs is 1. The Morgan fingerprint density at radius 3 is 2.20 bits per heavy atom. The Kier molecular flexibility index (Phi) is 12.3. The van der Waals surface area contributed by atoms with Crippen LogP contribution in [0.3, 0.4) is 0 Å². The lowest BCUT2D eigenvalue weighted by Gasteiger charge is -2.33. The molecule has 4 amide bonds. The third kappa shape index (κ3) is 10.2. The van der Waals surface area contributed by atoms with Crippen LogP contribution in [0.15, 0.2) is 42.5 Å². The van der Waals surface area contributed by atoms with Crippen LogP contribution in [-0.4, -0.2) is 95.0 Å². The molecule has 0 unspecified atom stereocenters. The number of anilines is 1. The Balaban J connectivity index is 1.75. The number of benzene rings is 2. The number of nitrogens with one attached hydrogen (secondary N) is 3. The number of carbonyl (C=O) groups excluding carboxylic acids is 4. The van der Waals surface area contributed by atoms with Crippen molar-refractivity contribution in [3.8, 4) is 0 Å². The smallest absolute Gasteiger partial charge is 0.410 e. The fraction of sp³-hybridized carbons (Fsp3) is 0.515. The van der Waals surface area contributed by atoms with Crippen molar-refractivity contribution in [3.63, 3.8) is 0 Å². The van der Waals surface area contributed by atoms with Crippen molar-refractivity contribution in [2.75, 3.05) is 45.1 Å². The Morgan fingerprint density at radius 2 is 1.62 bits per heavy atom. The molecule has 0 radical (unpaired) electrons. The molecule has 0 bridgehead atoms. The first-order chi connectivity index (χ1) is 21.2. The van der Waals surface area contributed by atoms with Gasteiger partial charge in [0, 0.05) is 57.1 Å². The predicted molar refractivity (Wildman–Crippen MR) is 174 cm³/mol. The van der Waals surface area contributed by atoms with Crippen LogP contribution in [0.25, 0.3) is 0 Å². The summed E-state index contributed by atoms with van der Waals surface area (Å²) in [7, 11) is 1.71. The minimum atomic E-state index is -0.675. The van der Waals surface area contributed by atoms with Gasteiger partial charge >= 0.3 is 6.09 Å². The fourth-order valence-corrected chi connectivity index (χ4v) is 4.83. The lowest BCUT2D eigenvalue weighted by atomic mass is 10.1. The normalized spacial score (nSPS) is 12.8. The molecule has 0 atom stereocenters. The molecule has 246 valence electrons. The third-order valence-corrected chi connectivity index (χ3v) is 7.46. The van der Waals surface area contributed by atoms with Gasteiger partial charge in [0.2, 0.25) is 5.91 Å². The van der Waals surface area contributed by atoms with Crippen LogP contribution in [-0.2, 0) is 27.4 Å². The molecule has 12 heteroatoms. The first kappa shape index (κ1) is 35.3. The van der Waals surface area contributed by atoms with Crippen LogP contribution in [0.1, 0.15) is 68.6 Å². The van der Waals surface area contributed by atoms with Crippen LogP contribution in [0, 0.1) is 6.92 Å². The van der Waals surface area contributed by atoms with Gasteiger partial charge in [0.1, 0.15) is 12.1 Å². The number of amides is 4. The molecule has 0 saturated heterocycles. The number of likely N-dealkylation sites (N-methyl/N-ethyl adjacent to an activating group) is 1. The molecule has 0 aliphatic carbocycles. The summed E-state index contributed by atoms with van der Waals surface area (Å²) in [4.78, 5) is 55.7. The molecule has 2 aromatic rings. The highest BCUT2D eigenvalue weighted by Gasteiger charge is 2.29. The van der Waals surface area contributed by atoms with Gasteiger partial charge in [-0.05, 0) is 70.4 Å². The first-order valence-corrected chi connectivity index (χ1v) is 15.4. The number of aryl methyl sites for hydroxylation is 1. The summed E-state index contributed by atoms with van der Waals surface area (Å²) in [5, 5.41) is 6.66. The third-order valence-electron chi connectivity index (χ3n) is 7.46. The zero-order valence-corrected chi connectivity index (χ0v) is 27.9. The van der Waals surface area contributed by atoms with Gasteiger partial charge in [-0.2, -0.15) is 0 Å². The van der Waals surface area contributed by atoms with Gasteiger partial charge in [0.15, 0.2) is 0 Å². The second kappa shape index (κ2) is 15.7. The van der Waals surface area contributed by atoms with Crippen molar-refractivity contribution in [2.24, 2.45) is 0 Å². The summed E-state index contributed by atoms with van der Waals surface area (Å²) in [5.74, 6) is -0.861. The Morgan fingerprint density at radius 1 is 0.978 bits per heavy atom. The van der Waals surface area contributed by atoms with Crippen molar-refractivity contribution in [1.82, 2.24) is 30.7 Å². The Hall–Kier alpha value is -4.16. The summed E-state index contributed by atoms with van der Waals surface area (Å²) < 4.78 is 5.60. The van der Waals surface area contributed by atoms with E-state index in [1.807, 2.05) is 57.0 Å². The van der Waals surface area contributed by atoms with Gasteiger partial charge in [-0.25, -0.2) is 15.2 Å². The van der Waals surface area contributed by atoms with Crippen molar-refractivity contribution in [2.45, 2.75) is 73.2 Å². The minimum Gasteiger partial charge on any atom is -0.444 e. The number of nitrogens with zero attached hydrogens (tertiary/aromatic N) is 4. The highest BCUT2D eigenvalue weighted by molar-refractivity contribution is 5.95. The molecule has 1 heterocycles. The molecule has 0 spiro atoms. The molecule has 3 rings (SSSR count). The lowest BCUT2D eigenvalue weighted by Crippen LogP contribution is -2.51. The molecule has 0 fully saturated rings. The van der Waals surface area contributed by atoms with E-state index in [1.165, 1.54) is 4.90 Å². The largest absolute Gasteiger partial charge is 0.444 e.